The summed E-state index contributed by atoms with van der Waals surface area (Å²) in [4.78, 5) is 0. The molecule has 0 aliphatic heterocycles. The van der Waals surface area contributed by atoms with Gasteiger partial charge in [0, 0.05) is 0 Å². The molecule has 0 aliphatic rings. The number of hydrogen-bond donors (Lipinski definition) is 1. The minimum absolute atomic E-state index is 0.532. The normalized spacial score (nSPS) is 13.9. The Hall–Kier alpha value is -0.0900. The second-order valence-electron chi connectivity index (χ2n) is 4.48. The molecule has 1 unspecified atom stereocenters. The van der Waals surface area contributed by atoms with Gasteiger partial charge in [-0.3, -0.25) is 4.55 Å². The van der Waals surface area contributed by atoms with E-state index in [9.17, 15) is 8.42 Å². The average molecular weight is 250 g/mol. The van der Waals surface area contributed by atoms with E-state index in [-0.39, 0.29) is 0 Å². The molecule has 4 heteroatoms. The van der Waals surface area contributed by atoms with Gasteiger partial charge in [0.1, 0.15) is 0 Å². The van der Waals surface area contributed by atoms with Crippen LogP contribution >= 0.6 is 0 Å². The first-order chi connectivity index (χ1) is 7.52. The first kappa shape index (κ1) is 15.9. The van der Waals surface area contributed by atoms with Crippen molar-refractivity contribution in [3.05, 3.63) is 0 Å². The van der Waals surface area contributed by atoms with E-state index in [1.807, 2.05) is 0 Å². The molecule has 0 spiro atoms. The third-order valence-electron chi connectivity index (χ3n) is 2.93. The van der Waals surface area contributed by atoms with Gasteiger partial charge in [-0.25, -0.2) is 0 Å². The van der Waals surface area contributed by atoms with E-state index in [4.69, 9.17) is 4.55 Å². The fraction of sp³-hybridized carbons (Fsp3) is 1.00. The molecule has 0 saturated carbocycles. The molecule has 0 aromatic rings. The van der Waals surface area contributed by atoms with E-state index in [1.54, 1.807) is 0 Å². The molecule has 0 aromatic heterocycles. The van der Waals surface area contributed by atoms with E-state index in [0.717, 1.165) is 44.9 Å². The summed E-state index contributed by atoms with van der Waals surface area (Å²) in [5.74, 6) is 0. The van der Waals surface area contributed by atoms with Crippen LogP contribution in [0.15, 0.2) is 0 Å². The molecule has 0 heterocycles. The lowest BCUT2D eigenvalue weighted by Gasteiger charge is -2.13. The summed E-state index contributed by atoms with van der Waals surface area (Å²) < 4.78 is 31.4. The molecule has 0 aromatic carbocycles. The summed E-state index contributed by atoms with van der Waals surface area (Å²) in [6.45, 7) is 4.21. The summed E-state index contributed by atoms with van der Waals surface area (Å²) in [7, 11) is -3.83. The zero-order valence-electron chi connectivity index (χ0n) is 10.6. The van der Waals surface area contributed by atoms with Crippen molar-refractivity contribution in [3.8, 4) is 0 Å². The molecule has 0 radical (unpaired) electrons. The third kappa shape index (κ3) is 8.11. The fourth-order valence-electron chi connectivity index (χ4n) is 1.86. The zero-order valence-corrected chi connectivity index (χ0v) is 11.4. The van der Waals surface area contributed by atoms with Crippen molar-refractivity contribution in [2.24, 2.45) is 0 Å². The molecule has 0 aliphatic carbocycles. The monoisotopic (exact) mass is 250 g/mol. The lowest BCUT2D eigenvalue weighted by molar-refractivity contribution is 0.445. The van der Waals surface area contributed by atoms with Crippen molar-refractivity contribution in [1.82, 2.24) is 0 Å². The van der Waals surface area contributed by atoms with Crippen molar-refractivity contribution >= 4 is 10.1 Å². The second kappa shape index (κ2) is 8.99. The Balaban J connectivity index is 3.93. The maximum absolute atomic E-state index is 11.1. The summed E-state index contributed by atoms with van der Waals surface area (Å²) in [6.07, 6.45) is 8.51. The zero-order chi connectivity index (χ0) is 12.4. The Morgan fingerprint density at radius 1 is 0.875 bits per heavy atom. The highest BCUT2D eigenvalue weighted by Crippen LogP contribution is 2.17. The maximum atomic E-state index is 11.1. The van der Waals surface area contributed by atoms with Crippen LogP contribution in [-0.4, -0.2) is 18.2 Å². The van der Waals surface area contributed by atoms with Gasteiger partial charge in [0.2, 0.25) is 0 Å². The quantitative estimate of drug-likeness (QED) is 0.474. The molecule has 0 bridgehead atoms. The lowest BCUT2D eigenvalue weighted by atomic mass is 10.1. The van der Waals surface area contributed by atoms with E-state index >= 15 is 0 Å². The molecule has 1 atom stereocenters. The molecular weight excluding hydrogens is 224 g/mol. The Morgan fingerprint density at radius 2 is 1.31 bits per heavy atom. The van der Waals surface area contributed by atoms with Crippen LogP contribution in [0, 0.1) is 0 Å². The summed E-state index contributed by atoms with van der Waals surface area (Å²) in [5.41, 5.74) is 0. The standard InChI is InChI=1S/C12H26O3S/c1-3-5-7-9-11-12(16(13,14)15)10-8-6-4-2/h12H,3-11H2,1-2H3,(H,13,14,15). The first-order valence-electron chi connectivity index (χ1n) is 6.48. The Morgan fingerprint density at radius 3 is 1.75 bits per heavy atom. The number of rotatable bonds is 10. The van der Waals surface area contributed by atoms with Crippen molar-refractivity contribution in [3.63, 3.8) is 0 Å². The van der Waals surface area contributed by atoms with Crippen LogP contribution in [0.3, 0.4) is 0 Å². The summed E-state index contributed by atoms with van der Waals surface area (Å²) in [6, 6.07) is 0. The third-order valence-corrected chi connectivity index (χ3v) is 4.24. The highest BCUT2D eigenvalue weighted by atomic mass is 32.2. The molecule has 16 heavy (non-hydrogen) atoms. The van der Waals surface area contributed by atoms with Crippen LogP contribution in [0.1, 0.15) is 71.6 Å². The minimum Gasteiger partial charge on any atom is -0.285 e. The van der Waals surface area contributed by atoms with Gasteiger partial charge in [-0.15, -0.1) is 0 Å². The highest BCUT2D eigenvalue weighted by molar-refractivity contribution is 7.86. The summed E-state index contributed by atoms with van der Waals surface area (Å²) in [5, 5.41) is -0.532. The molecule has 0 saturated heterocycles. The average Bonchev–Trinajstić information content (AvgIpc) is 2.20. The van der Waals surface area contributed by atoms with Crippen LogP contribution in [0.4, 0.5) is 0 Å². The van der Waals surface area contributed by atoms with Crippen molar-refractivity contribution in [2.45, 2.75) is 76.9 Å². The molecule has 1 N–H and O–H groups in total. The minimum atomic E-state index is -3.83. The molecule has 0 fully saturated rings. The lowest BCUT2D eigenvalue weighted by Crippen LogP contribution is -2.20. The van der Waals surface area contributed by atoms with Gasteiger partial charge in [-0.1, -0.05) is 58.8 Å². The maximum Gasteiger partial charge on any atom is 0.267 e. The van der Waals surface area contributed by atoms with Gasteiger partial charge in [-0.2, -0.15) is 8.42 Å². The predicted octanol–water partition coefficient (Wildman–Crippen LogP) is 3.79. The fourth-order valence-corrected chi connectivity index (χ4v) is 2.79. The van der Waals surface area contributed by atoms with Crippen LogP contribution in [0.5, 0.6) is 0 Å². The molecule has 0 rings (SSSR count). The smallest absolute Gasteiger partial charge is 0.267 e. The molecular formula is C12H26O3S. The van der Waals surface area contributed by atoms with Crippen molar-refractivity contribution in [2.75, 3.05) is 0 Å². The first-order valence-corrected chi connectivity index (χ1v) is 7.99. The Labute approximate surface area is 100 Å². The van der Waals surface area contributed by atoms with Gasteiger partial charge in [0.15, 0.2) is 0 Å². The van der Waals surface area contributed by atoms with Crippen LogP contribution < -0.4 is 0 Å². The van der Waals surface area contributed by atoms with E-state index < -0.39 is 15.4 Å². The highest BCUT2D eigenvalue weighted by Gasteiger charge is 2.21. The number of unbranched alkanes of at least 4 members (excludes halogenated alkanes) is 5. The van der Waals surface area contributed by atoms with E-state index in [0.29, 0.717) is 12.8 Å². The SMILES string of the molecule is CCCCCCC(CCCCC)S(=O)(=O)O. The second-order valence-corrected chi connectivity index (χ2v) is 6.18. The van der Waals surface area contributed by atoms with Gasteiger partial charge in [0.25, 0.3) is 10.1 Å². The molecule has 3 nitrogen and oxygen atoms in total. The van der Waals surface area contributed by atoms with Crippen molar-refractivity contribution < 1.29 is 13.0 Å². The largest absolute Gasteiger partial charge is 0.285 e. The molecule has 98 valence electrons. The van der Waals surface area contributed by atoms with Gasteiger partial charge < -0.3 is 0 Å². The van der Waals surface area contributed by atoms with Gasteiger partial charge in [0.05, 0.1) is 5.25 Å². The van der Waals surface area contributed by atoms with E-state index in [2.05, 4.69) is 13.8 Å². The Kier molecular flexibility index (Phi) is 8.94. The van der Waals surface area contributed by atoms with Crippen LogP contribution in [0.25, 0.3) is 0 Å². The summed E-state index contributed by atoms with van der Waals surface area (Å²) >= 11 is 0. The van der Waals surface area contributed by atoms with Crippen LogP contribution in [0.2, 0.25) is 0 Å². The topological polar surface area (TPSA) is 54.4 Å². The van der Waals surface area contributed by atoms with Gasteiger partial charge in [-0.05, 0) is 12.8 Å². The van der Waals surface area contributed by atoms with E-state index in [1.165, 1.54) is 0 Å². The molecule has 0 amide bonds. The number of hydrogen-bond acceptors (Lipinski definition) is 2. The predicted molar refractivity (Wildman–Crippen MR) is 68.2 cm³/mol. The van der Waals surface area contributed by atoms with Crippen molar-refractivity contribution in [1.29, 1.82) is 0 Å². The van der Waals surface area contributed by atoms with Gasteiger partial charge >= 0.3 is 0 Å². The van der Waals surface area contributed by atoms with Crippen LogP contribution in [-0.2, 0) is 10.1 Å². The Bertz CT molecular complexity index is 247.